The zero-order chi connectivity index (χ0) is 13.1. The Balaban J connectivity index is 1.90. The van der Waals surface area contributed by atoms with Gasteiger partial charge in [0.2, 0.25) is 11.8 Å². The van der Waals surface area contributed by atoms with Gasteiger partial charge in [0.05, 0.1) is 11.5 Å². The summed E-state index contributed by atoms with van der Waals surface area (Å²) in [7, 11) is 0. The fourth-order valence-electron chi connectivity index (χ4n) is 1.74. The Morgan fingerprint density at radius 3 is 2.78 bits per heavy atom. The molecule has 0 bridgehead atoms. The normalized spacial score (nSPS) is 14.9. The summed E-state index contributed by atoms with van der Waals surface area (Å²) in [6, 6.07) is 2.97. The standard InChI is InChI=1S/C11H12N2O4S/c14-8(6-13-5-1-2-10(13)15)12-9-4-3-7(18-9)11(16)17/h3-4H,1-2,5-6H2,(H,12,14)(H,16,17). The van der Waals surface area contributed by atoms with Gasteiger partial charge in [0.25, 0.3) is 0 Å². The number of likely N-dealkylation sites (tertiary alicyclic amines) is 1. The monoisotopic (exact) mass is 268 g/mol. The smallest absolute Gasteiger partial charge is 0.345 e. The minimum Gasteiger partial charge on any atom is -0.477 e. The molecule has 0 spiro atoms. The van der Waals surface area contributed by atoms with Crippen LogP contribution in [0.2, 0.25) is 0 Å². The van der Waals surface area contributed by atoms with Gasteiger partial charge in [-0.2, -0.15) is 0 Å². The highest BCUT2D eigenvalue weighted by Crippen LogP contribution is 2.21. The highest BCUT2D eigenvalue weighted by atomic mass is 32.1. The number of carboxylic acid groups (broad SMARTS) is 1. The lowest BCUT2D eigenvalue weighted by atomic mass is 10.4. The van der Waals surface area contributed by atoms with Crippen LogP contribution in [0.25, 0.3) is 0 Å². The molecule has 2 heterocycles. The van der Waals surface area contributed by atoms with Crippen molar-refractivity contribution in [1.82, 2.24) is 4.90 Å². The third kappa shape index (κ3) is 2.86. The number of hydrogen-bond acceptors (Lipinski definition) is 4. The van der Waals surface area contributed by atoms with Crippen molar-refractivity contribution in [2.75, 3.05) is 18.4 Å². The molecule has 1 aromatic heterocycles. The molecule has 0 saturated carbocycles. The lowest BCUT2D eigenvalue weighted by molar-refractivity contribution is -0.131. The van der Waals surface area contributed by atoms with Gasteiger partial charge in [0.1, 0.15) is 4.88 Å². The lowest BCUT2D eigenvalue weighted by Gasteiger charge is -2.14. The number of carbonyl (C=O) groups excluding carboxylic acids is 2. The molecular formula is C11H12N2O4S. The number of rotatable bonds is 4. The van der Waals surface area contributed by atoms with Crippen molar-refractivity contribution in [1.29, 1.82) is 0 Å². The van der Waals surface area contributed by atoms with Crippen LogP contribution in [-0.2, 0) is 9.59 Å². The summed E-state index contributed by atoms with van der Waals surface area (Å²) >= 11 is 0.993. The van der Waals surface area contributed by atoms with E-state index in [4.69, 9.17) is 5.11 Å². The Hall–Kier alpha value is -1.89. The number of anilines is 1. The van der Waals surface area contributed by atoms with E-state index in [1.807, 2.05) is 0 Å². The second kappa shape index (κ2) is 5.18. The van der Waals surface area contributed by atoms with Crippen LogP contribution >= 0.6 is 11.3 Å². The van der Waals surface area contributed by atoms with E-state index in [0.29, 0.717) is 18.0 Å². The lowest BCUT2D eigenvalue weighted by Crippen LogP contribution is -2.33. The van der Waals surface area contributed by atoms with Crippen LogP contribution in [0.3, 0.4) is 0 Å². The van der Waals surface area contributed by atoms with Gasteiger partial charge >= 0.3 is 5.97 Å². The summed E-state index contributed by atoms with van der Waals surface area (Å²) in [6.07, 6.45) is 1.28. The predicted octanol–water partition coefficient (Wildman–Crippen LogP) is 1.01. The van der Waals surface area contributed by atoms with Crippen molar-refractivity contribution in [2.45, 2.75) is 12.8 Å². The number of thiophene rings is 1. The molecule has 2 amide bonds. The molecule has 0 aromatic carbocycles. The van der Waals surface area contributed by atoms with Crippen molar-refractivity contribution >= 4 is 34.1 Å². The Morgan fingerprint density at radius 2 is 2.22 bits per heavy atom. The van der Waals surface area contributed by atoms with Crippen molar-refractivity contribution in [3.05, 3.63) is 17.0 Å². The van der Waals surface area contributed by atoms with Gasteiger partial charge < -0.3 is 15.3 Å². The highest BCUT2D eigenvalue weighted by Gasteiger charge is 2.22. The average Bonchev–Trinajstić information content (AvgIpc) is 2.89. The third-order valence-corrected chi connectivity index (χ3v) is 3.57. The summed E-state index contributed by atoms with van der Waals surface area (Å²) < 4.78 is 0. The first-order valence-corrected chi connectivity index (χ1v) is 6.28. The van der Waals surface area contributed by atoms with Crippen molar-refractivity contribution in [2.24, 2.45) is 0 Å². The largest absolute Gasteiger partial charge is 0.477 e. The van der Waals surface area contributed by atoms with Crippen molar-refractivity contribution in [3.8, 4) is 0 Å². The van der Waals surface area contributed by atoms with E-state index in [0.717, 1.165) is 17.8 Å². The molecular weight excluding hydrogens is 256 g/mol. The zero-order valence-electron chi connectivity index (χ0n) is 9.51. The Morgan fingerprint density at radius 1 is 1.44 bits per heavy atom. The summed E-state index contributed by atoms with van der Waals surface area (Å²) in [5, 5.41) is 11.8. The fourth-order valence-corrected chi connectivity index (χ4v) is 2.50. The van der Waals surface area contributed by atoms with Gasteiger partial charge in [0, 0.05) is 13.0 Å². The van der Waals surface area contributed by atoms with Gasteiger partial charge in [-0.3, -0.25) is 9.59 Å². The molecule has 1 fully saturated rings. The summed E-state index contributed by atoms with van der Waals surface area (Å²) in [5.74, 6) is -1.33. The first kappa shape index (κ1) is 12.6. The molecule has 0 aliphatic carbocycles. The number of carbonyl (C=O) groups is 3. The summed E-state index contributed by atoms with van der Waals surface area (Å²) in [5.41, 5.74) is 0. The van der Waals surface area contributed by atoms with Crippen LogP contribution in [0.1, 0.15) is 22.5 Å². The molecule has 1 aromatic rings. The zero-order valence-corrected chi connectivity index (χ0v) is 10.3. The number of carboxylic acids is 1. The Kier molecular flexibility index (Phi) is 3.61. The van der Waals surface area contributed by atoms with E-state index in [1.165, 1.54) is 17.0 Å². The van der Waals surface area contributed by atoms with E-state index < -0.39 is 5.97 Å². The van der Waals surface area contributed by atoms with Crippen LogP contribution in [0, 0.1) is 0 Å². The molecule has 2 rings (SSSR count). The Labute approximate surface area is 107 Å². The maximum atomic E-state index is 11.6. The first-order valence-electron chi connectivity index (χ1n) is 5.47. The number of hydrogen-bond donors (Lipinski definition) is 2. The summed E-state index contributed by atoms with van der Waals surface area (Å²) in [6.45, 7) is 0.635. The van der Waals surface area contributed by atoms with E-state index in [1.54, 1.807) is 0 Å². The van der Waals surface area contributed by atoms with Crippen LogP contribution in [0.4, 0.5) is 5.00 Å². The molecule has 0 unspecified atom stereocenters. The molecule has 2 N–H and O–H groups in total. The predicted molar refractivity (Wildman–Crippen MR) is 65.7 cm³/mol. The van der Waals surface area contributed by atoms with E-state index in [2.05, 4.69) is 5.32 Å². The quantitative estimate of drug-likeness (QED) is 0.853. The summed E-state index contributed by atoms with van der Waals surface area (Å²) in [4.78, 5) is 35.3. The minimum atomic E-state index is -1.02. The van der Waals surface area contributed by atoms with Crippen LogP contribution < -0.4 is 5.32 Å². The molecule has 0 radical (unpaired) electrons. The van der Waals surface area contributed by atoms with Gasteiger partial charge in [-0.1, -0.05) is 0 Å². The van der Waals surface area contributed by atoms with Gasteiger partial charge in [-0.05, 0) is 18.6 Å². The number of aromatic carboxylic acids is 1. The van der Waals surface area contributed by atoms with Crippen LogP contribution in [-0.4, -0.2) is 40.9 Å². The van der Waals surface area contributed by atoms with E-state index >= 15 is 0 Å². The average molecular weight is 268 g/mol. The molecule has 7 heteroatoms. The maximum Gasteiger partial charge on any atom is 0.345 e. The van der Waals surface area contributed by atoms with Crippen LogP contribution in [0.5, 0.6) is 0 Å². The number of nitrogens with zero attached hydrogens (tertiary/aromatic N) is 1. The number of amides is 2. The third-order valence-electron chi connectivity index (χ3n) is 2.59. The second-order valence-electron chi connectivity index (χ2n) is 3.94. The first-order chi connectivity index (χ1) is 8.56. The number of nitrogens with one attached hydrogen (secondary N) is 1. The van der Waals surface area contributed by atoms with Gasteiger partial charge in [0.15, 0.2) is 0 Å². The molecule has 1 aliphatic rings. The topological polar surface area (TPSA) is 86.7 Å². The fraction of sp³-hybridized carbons (Fsp3) is 0.364. The minimum absolute atomic E-state index is 0.0115. The van der Waals surface area contributed by atoms with Gasteiger partial charge in [-0.25, -0.2) is 4.79 Å². The second-order valence-corrected chi connectivity index (χ2v) is 5.02. The molecule has 0 atom stereocenters. The Bertz CT molecular complexity index is 497. The van der Waals surface area contributed by atoms with E-state index in [9.17, 15) is 14.4 Å². The highest BCUT2D eigenvalue weighted by molar-refractivity contribution is 7.18. The van der Waals surface area contributed by atoms with Crippen molar-refractivity contribution in [3.63, 3.8) is 0 Å². The van der Waals surface area contributed by atoms with Crippen molar-refractivity contribution < 1.29 is 19.5 Å². The molecule has 1 saturated heterocycles. The van der Waals surface area contributed by atoms with Gasteiger partial charge in [-0.15, -0.1) is 11.3 Å². The molecule has 18 heavy (non-hydrogen) atoms. The molecule has 6 nitrogen and oxygen atoms in total. The van der Waals surface area contributed by atoms with Crippen LogP contribution in [0.15, 0.2) is 12.1 Å². The maximum absolute atomic E-state index is 11.6. The SMILES string of the molecule is O=C(CN1CCCC1=O)Nc1ccc(C(=O)O)s1. The molecule has 96 valence electrons. The molecule has 1 aliphatic heterocycles. The van der Waals surface area contributed by atoms with E-state index in [-0.39, 0.29) is 23.2 Å².